The van der Waals surface area contributed by atoms with Gasteiger partial charge >= 0.3 is 0 Å². The Morgan fingerprint density at radius 2 is 1.94 bits per heavy atom. The van der Waals surface area contributed by atoms with Gasteiger partial charge in [0.2, 0.25) is 0 Å². The molecule has 18 heavy (non-hydrogen) atoms. The summed E-state index contributed by atoms with van der Waals surface area (Å²) in [5.74, 6) is 0.744. The summed E-state index contributed by atoms with van der Waals surface area (Å²) in [7, 11) is 0. The van der Waals surface area contributed by atoms with Gasteiger partial charge in [-0.2, -0.15) is 0 Å². The van der Waals surface area contributed by atoms with Gasteiger partial charge in [0, 0.05) is 23.3 Å². The summed E-state index contributed by atoms with van der Waals surface area (Å²) >= 11 is 3.32. The number of hydrogen-bond donors (Lipinski definition) is 1. The zero-order chi connectivity index (χ0) is 12.4. The molecular formula is C13H9BrN4. The van der Waals surface area contributed by atoms with E-state index >= 15 is 0 Å². The van der Waals surface area contributed by atoms with Crippen molar-refractivity contribution in [2.75, 3.05) is 5.32 Å². The first-order valence-electron chi connectivity index (χ1n) is 5.41. The third kappa shape index (κ3) is 2.17. The van der Waals surface area contributed by atoms with Crippen molar-refractivity contribution in [2.24, 2.45) is 0 Å². The molecule has 0 spiro atoms. The molecule has 0 aliphatic rings. The summed E-state index contributed by atoms with van der Waals surface area (Å²) in [5.41, 5.74) is 1.93. The number of pyridine rings is 1. The molecule has 1 N–H and O–H groups in total. The van der Waals surface area contributed by atoms with Crippen LogP contribution in [0.5, 0.6) is 0 Å². The van der Waals surface area contributed by atoms with Crippen LogP contribution in [0.15, 0.2) is 53.5 Å². The largest absolute Gasteiger partial charge is 0.340 e. The van der Waals surface area contributed by atoms with E-state index in [0.29, 0.717) is 0 Å². The molecule has 5 heteroatoms. The minimum Gasteiger partial charge on any atom is -0.340 e. The van der Waals surface area contributed by atoms with Crippen LogP contribution in [0.2, 0.25) is 0 Å². The van der Waals surface area contributed by atoms with Crippen LogP contribution in [0.3, 0.4) is 0 Å². The summed E-state index contributed by atoms with van der Waals surface area (Å²) < 4.78 is 0.748. The number of aromatic nitrogens is 3. The minimum absolute atomic E-state index is 0.744. The van der Waals surface area contributed by atoms with Crippen LogP contribution in [-0.4, -0.2) is 15.0 Å². The molecule has 4 nitrogen and oxygen atoms in total. The van der Waals surface area contributed by atoms with E-state index in [1.165, 1.54) is 6.33 Å². The highest BCUT2D eigenvalue weighted by molar-refractivity contribution is 9.10. The average molecular weight is 301 g/mol. The van der Waals surface area contributed by atoms with Crippen LogP contribution in [-0.2, 0) is 0 Å². The number of benzene rings is 1. The van der Waals surface area contributed by atoms with Gasteiger partial charge in [-0.3, -0.25) is 4.98 Å². The van der Waals surface area contributed by atoms with E-state index in [0.717, 1.165) is 27.0 Å². The molecule has 0 amide bonds. The first kappa shape index (κ1) is 11.1. The van der Waals surface area contributed by atoms with Crippen LogP contribution in [0.4, 0.5) is 11.5 Å². The Morgan fingerprint density at radius 1 is 1.00 bits per heavy atom. The number of nitrogens with one attached hydrogen (secondary N) is 1. The van der Waals surface area contributed by atoms with E-state index in [-0.39, 0.29) is 0 Å². The summed E-state index contributed by atoms with van der Waals surface area (Å²) in [6.07, 6.45) is 3.29. The number of rotatable bonds is 2. The van der Waals surface area contributed by atoms with Crippen molar-refractivity contribution < 1.29 is 0 Å². The number of nitrogens with zero attached hydrogens (tertiary/aromatic N) is 3. The van der Waals surface area contributed by atoms with Crippen LogP contribution >= 0.6 is 15.9 Å². The van der Waals surface area contributed by atoms with Crippen molar-refractivity contribution in [3.8, 4) is 0 Å². The molecule has 1 aromatic carbocycles. The van der Waals surface area contributed by atoms with Crippen LogP contribution in [0, 0.1) is 0 Å². The Hall–Kier alpha value is -2.01. The summed E-state index contributed by atoms with van der Waals surface area (Å²) in [6, 6.07) is 11.7. The monoisotopic (exact) mass is 300 g/mol. The van der Waals surface area contributed by atoms with Gasteiger partial charge in [-0.25, -0.2) is 9.97 Å². The Balaban J connectivity index is 2.05. The molecule has 0 radical (unpaired) electrons. The second-order valence-corrected chi connectivity index (χ2v) is 4.54. The van der Waals surface area contributed by atoms with Gasteiger partial charge in [0.1, 0.15) is 16.7 Å². The molecular weight excluding hydrogens is 292 g/mol. The third-order valence-electron chi connectivity index (χ3n) is 2.54. The lowest BCUT2D eigenvalue weighted by Crippen LogP contribution is -1.95. The lowest BCUT2D eigenvalue weighted by atomic mass is 10.2. The van der Waals surface area contributed by atoms with Crippen LogP contribution in [0.1, 0.15) is 0 Å². The first-order valence-corrected chi connectivity index (χ1v) is 6.20. The lowest BCUT2D eigenvalue weighted by Gasteiger charge is -2.08. The lowest BCUT2D eigenvalue weighted by molar-refractivity contribution is 1.14. The van der Waals surface area contributed by atoms with E-state index in [2.05, 4.69) is 36.2 Å². The molecule has 2 heterocycles. The Labute approximate surface area is 112 Å². The second kappa shape index (κ2) is 4.70. The zero-order valence-corrected chi connectivity index (χ0v) is 10.9. The molecule has 0 atom stereocenters. The normalized spacial score (nSPS) is 10.5. The maximum atomic E-state index is 4.32. The Kier molecular flexibility index (Phi) is 2.90. The topological polar surface area (TPSA) is 50.7 Å². The molecule has 0 fully saturated rings. The smallest absolute Gasteiger partial charge is 0.134 e. The summed E-state index contributed by atoms with van der Waals surface area (Å²) in [4.78, 5) is 12.5. The van der Waals surface area contributed by atoms with Crippen molar-refractivity contribution in [1.29, 1.82) is 0 Å². The van der Waals surface area contributed by atoms with Crippen LogP contribution in [0.25, 0.3) is 10.9 Å². The highest BCUT2D eigenvalue weighted by atomic mass is 79.9. The number of fused-ring (bicyclic) bond motifs is 1. The van der Waals surface area contributed by atoms with Crippen molar-refractivity contribution in [2.45, 2.75) is 0 Å². The first-order chi connectivity index (χ1) is 8.83. The minimum atomic E-state index is 0.744. The van der Waals surface area contributed by atoms with E-state index in [1.807, 2.05) is 36.4 Å². The van der Waals surface area contributed by atoms with Crippen LogP contribution < -0.4 is 5.32 Å². The molecule has 88 valence electrons. The predicted molar refractivity (Wildman–Crippen MR) is 74.8 cm³/mol. The van der Waals surface area contributed by atoms with E-state index in [1.54, 1.807) is 6.20 Å². The number of halogens is 1. The van der Waals surface area contributed by atoms with Crippen molar-refractivity contribution in [3.63, 3.8) is 0 Å². The molecule has 0 unspecified atom stereocenters. The Morgan fingerprint density at radius 3 is 2.83 bits per heavy atom. The van der Waals surface area contributed by atoms with Crippen molar-refractivity contribution in [1.82, 2.24) is 15.0 Å². The fraction of sp³-hybridized carbons (Fsp3) is 0. The highest BCUT2D eigenvalue weighted by Crippen LogP contribution is 2.24. The van der Waals surface area contributed by atoms with E-state index < -0.39 is 0 Å². The number of hydrogen-bond acceptors (Lipinski definition) is 4. The quantitative estimate of drug-likeness (QED) is 0.736. The van der Waals surface area contributed by atoms with Crippen molar-refractivity contribution >= 4 is 38.3 Å². The zero-order valence-electron chi connectivity index (χ0n) is 9.34. The van der Waals surface area contributed by atoms with E-state index in [4.69, 9.17) is 0 Å². The van der Waals surface area contributed by atoms with Gasteiger partial charge < -0.3 is 5.32 Å². The molecule has 0 aliphatic carbocycles. The molecule has 3 rings (SSSR count). The van der Waals surface area contributed by atoms with Gasteiger partial charge in [0.15, 0.2) is 0 Å². The predicted octanol–water partition coefficient (Wildman–Crippen LogP) is 3.53. The molecule has 0 saturated heterocycles. The second-order valence-electron chi connectivity index (χ2n) is 3.73. The highest BCUT2D eigenvalue weighted by Gasteiger charge is 2.02. The molecule has 3 aromatic rings. The standard InChI is InChI=1S/C13H9BrN4/c14-12-7-13(17-8-16-12)18-11-5-1-4-10-9(11)3-2-6-15-10/h1-8H,(H,16,17,18). The molecule has 0 bridgehead atoms. The third-order valence-corrected chi connectivity index (χ3v) is 2.98. The van der Waals surface area contributed by atoms with Crippen molar-refractivity contribution in [3.05, 3.63) is 53.5 Å². The SMILES string of the molecule is Brc1cc(Nc2cccc3ncccc23)ncn1. The summed E-state index contributed by atoms with van der Waals surface area (Å²) in [6.45, 7) is 0. The summed E-state index contributed by atoms with van der Waals surface area (Å²) in [5, 5.41) is 4.33. The van der Waals surface area contributed by atoms with Gasteiger partial charge in [0.25, 0.3) is 0 Å². The van der Waals surface area contributed by atoms with E-state index in [9.17, 15) is 0 Å². The van der Waals surface area contributed by atoms with Gasteiger partial charge in [-0.15, -0.1) is 0 Å². The maximum Gasteiger partial charge on any atom is 0.134 e. The fourth-order valence-electron chi connectivity index (χ4n) is 1.75. The average Bonchev–Trinajstić information content (AvgIpc) is 2.39. The fourth-order valence-corrected chi connectivity index (χ4v) is 2.06. The molecule has 0 aliphatic heterocycles. The van der Waals surface area contributed by atoms with Gasteiger partial charge in [-0.1, -0.05) is 6.07 Å². The van der Waals surface area contributed by atoms with Gasteiger partial charge in [0.05, 0.1) is 5.52 Å². The molecule has 2 aromatic heterocycles. The number of anilines is 2. The maximum absolute atomic E-state index is 4.32. The molecule has 0 saturated carbocycles. The Bertz CT molecular complexity index is 694. The van der Waals surface area contributed by atoms with Gasteiger partial charge in [-0.05, 0) is 40.2 Å².